The molecule has 3 N–H and O–H groups in total. The molecule has 0 bridgehead atoms. The topological polar surface area (TPSA) is 104 Å². The van der Waals surface area contributed by atoms with Crippen LogP contribution in [0.1, 0.15) is 12.0 Å². The van der Waals surface area contributed by atoms with Gasteiger partial charge in [-0.3, -0.25) is 19.3 Å². The van der Waals surface area contributed by atoms with Crippen LogP contribution >= 0.6 is 0 Å². The molecule has 0 radical (unpaired) electrons. The van der Waals surface area contributed by atoms with Crippen molar-refractivity contribution in [1.82, 2.24) is 20.5 Å². The van der Waals surface area contributed by atoms with Gasteiger partial charge in [0.25, 0.3) is 5.56 Å². The Kier molecular flexibility index (Phi) is 5.22. The number of rotatable bonds is 5. The van der Waals surface area contributed by atoms with Crippen molar-refractivity contribution in [2.24, 2.45) is 0 Å². The number of methoxy groups -OCH3 is 1. The lowest BCUT2D eigenvalue weighted by molar-refractivity contribution is -0.134. The predicted molar refractivity (Wildman–Crippen MR) is 97.0 cm³/mol. The average Bonchev–Trinajstić information content (AvgIpc) is 2.64. The number of carbonyl (C=O) groups excluding carboxylic acids is 2. The molecular formula is C18H22N4O4. The van der Waals surface area contributed by atoms with Crippen molar-refractivity contribution in [3.8, 4) is 5.75 Å². The molecule has 2 amide bonds. The summed E-state index contributed by atoms with van der Waals surface area (Å²) in [6.07, 6.45) is 0.0572. The van der Waals surface area contributed by atoms with Crippen molar-refractivity contribution in [3.63, 3.8) is 0 Å². The Bertz CT molecular complexity index is 892. The van der Waals surface area contributed by atoms with Crippen LogP contribution in [0.5, 0.6) is 5.75 Å². The molecule has 1 aliphatic heterocycles. The second kappa shape index (κ2) is 7.57. The Hall–Kier alpha value is -2.87. The van der Waals surface area contributed by atoms with Gasteiger partial charge in [-0.05, 0) is 24.3 Å². The standard InChI is InChI=1S/C18H22N4O4/c1-19-16(23)9-15-18(25)20-5-6-22(15)10-12-7-11-8-13(26-2)3-4-14(11)21-17(12)24/h3-4,7-8,15H,5-6,9-10H2,1-2H3,(H,19,23)(H,20,25)(H,21,24). The molecule has 26 heavy (non-hydrogen) atoms. The van der Waals surface area contributed by atoms with E-state index < -0.39 is 6.04 Å². The second-order valence-corrected chi connectivity index (χ2v) is 6.23. The second-order valence-electron chi connectivity index (χ2n) is 6.23. The molecule has 2 aromatic rings. The molecule has 3 rings (SSSR count). The number of amides is 2. The number of nitrogens with zero attached hydrogens (tertiary/aromatic N) is 1. The molecular weight excluding hydrogens is 336 g/mol. The van der Waals surface area contributed by atoms with Crippen LogP contribution in [-0.2, 0) is 16.1 Å². The number of pyridine rings is 1. The number of H-pyrrole nitrogens is 1. The maximum Gasteiger partial charge on any atom is 0.252 e. The van der Waals surface area contributed by atoms with Gasteiger partial charge in [0.15, 0.2) is 0 Å². The highest BCUT2D eigenvalue weighted by atomic mass is 16.5. The highest BCUT2D eigenvalue weighted by Gasteiger charge is 2.31. The molecule has 0 spiro atoms. The Morgan fingerprint density at radius 1 is 1.35 bits per heavy atom. The summed E-state index contributed by atoms with van der Waals surface area (Å²) >= 11 is 0. The lowest BCUT2D eigenvalue weighted by Gasteiger charge is -2.34. The summed E-state index contributed by atoms with van der Waals surface area (Å²) in [7, 11) is 3.12. The first-order chi connectivity index (χ1) is 12.5. The monoisotopic (exact) mass is 358 g/mol. The van der Waals surface area contributed by atoms with Crippen molar-refractivity contribution < 1.29 is 14.3 Å². The van der Waals surface area contributed by atoms with Crippen LogP contribution in [-0.4, -0.2) is 55.0 Å². The Morgan fingerprint density at radius 3 is 2.88 bits per heavy atom. The minimum absolute atomic E-state index is 0.0572. The van der Waals surface area contributed by atoms with Gasteiger partial charge in [-0.15, -0.1) is 0 Å². The van der Waals surface area contributed by atoms with E-state index in [-0.39, 0.29) is 30.3 Å². The fraction of sp³-hybridized carbons (Fsp3) is 0.389. The van der Waals surface area contributed by atoms with Crippen molar-refractivity contribution in [2.75, 3.05) is 27.2 Å². The van der Waals surface area contributed by atoms with Gasteiger partial charge in [0.05, 0.1) is 19.6 Å². The van der Waals surface area contributed by atoms with Crippen molar-refractivity contribution in [2.45, 2.75) is 19.0 Å². The minimum Gasteiger partial charge on any atom is -0.497 e. The molecule has 8 heteroatoms. The van der Waals surface area contributed by atoms with Gasteiger partial charge in [0.2, 0.25) is 11.8 Å². The molecule has 1 saturated heterocycles. The molecule has 1 aliphatic rings. The average molecular weight is 358 g/mol. The Morgan fingerprint density at radius 2 is 2.15 bits per heavy atom. The largest absolute Gasteiger partial charge is 0.497 e. The number of carbonyl (C=O) groups is 2. The van der Waals surface area contributed by atoms with E-state index in [1.165, 1.54) is 7.05 Å². The fourth-order valence-corrected chi connectivity index (χ4v) is 3.14. The first-order valence-electron chi connectivity index (χ1n) is 8.44. The summed E-state index contributed by atoms with van der Waals surface area (Å²) in [4.78, 5) is 41.1. The van der Waals surface area contributed by atoms with Crippen LogP contribution in [0.3, 0.4) is 0 Å². The van der Waals surface area contributed by atoms with E-state index in [4.69, 9.17) is 4.74 Å². The lowest BCUT2D eigenvalue weighted by Crippen LogP contribution is -2.56. The first-order valence-corrected chi connectivity index (χ1v) is 8.44. The number of hydrogen-bond acceptors (Lipinski definition) is 5. The molecule has 2 heterocycles. The molecule has 1 aromatic heterocycles. The van der Waals surface area contributed by atoms with Gasteiger partial charge in [-0.1, -0.05) is 0 Å². The van der Waals surface area contributed by atoms with E-state index in [9.17, 15) is 14.4 Å². The third-order valence-corrected chi connectivity index (χ3v) is 4.60. The molecule has 1 aromatic carbocycles. The van der Waals surface area contributed by atoms with Gasteiger partial charge in [-0.25, -0.2) is 0 Å². The van der Waals surface area contributed by atoms with Gasteiger partial charge in [-0.2, -0.15) is 0 Å². The molecule has 1 fully saturated rings. The van der Waals surface area contributed by atoms with E-state index in [0.717, 1.165) is 10.9 Å². The van der Waals surface area contributed by atoms with Crippen LogP contribution in [0, 0.1) is 0 Å². The Labute approximate surface area is 150 Å². The molecule has 0 aliphatic carbocycles. The fourth-order valence-electron chi connectivity index (χ4n) is 3.14. The molecule has 1 unspecified atom stereocenters. The van der Waals surface area contributed by atoms with E-state index in [1.807, 2.05) is 11.0 Å². The lowest BCUT2D eigenvalue weighted by atomic mass is 10.1. The van der Waals surface area contributed by atoms with Crippen LogP contribution in [0.15, 0.2) is 29.1 Å². The number of benzene rings is 1. The van der Waals surface area contributed by atoms with E-state index in [0.29, 0.717) is 24.4 Å². The van der Waals surface area contributed by atoms with Gasteiger partial charge < -0.3 is 20.4 Å². The van der Waals surface area contributed by atoms with Gasteiger partial charge in [0, 0.05) is 43.1 Å². The van der Waals surface area contributed by atoms with Crippen LogP contribution in [0.2, 0.25) is 0 Å². The summed E-state index contributed by atoms with van der Waals surface area (Å²) in [6.45, 7) is 1.35. The maximum atomic E-state index is 12.4. The van der Waals surface area contributed by atoms with Crippen molar-refractivity contribution in [1.29, 1.82) is 0 Å². The van der Waals surface area contributed by atoms with Crippen molar-refractivity contribution in [3.05, 3.63) is 40.2 Å². The highest BCUT2D eigenvalue weighted by molar-refractivity contribution is 5.88. The number of piperazine rings is 1. The number of aromatic amines is 1. The molecule has 0 saturated carbocycles. The van der Waals surface area contributed by atoms with Crippen LogP contribution in [0.25, 0.3) is 10.9 Å². The van der Waals surface area contributed by atoms with Gasteiger partial charge >= 0.3 is 0 Å². The summed E-state index contributed by atoms with van der Waals surface area (Å²) in [5.74, 6) is 0.290. The molecule has 8 nitrogen and oxygen atoms in total. The summed E-state index contributed by atoms with van der Waals surface area (Å²) in [6, 6.07) is 6.64. The highest BCUT2D eigenvalue weighted by Crippen LogP contribution is 2.20. The quantitative estimate of drug-likeness (QED) is 0.697. The third kappa shape index (κ3) is 3.70. The molecule has 138 valence electrons. The number of fused-ring (bicyclic) bond motifs is 1. The van der Waals surface area contributed by atoms with Crippen molar-refractivity contribution >= 4 is 22.7 Å². The number of aromatic nitrogens is 1. The smallest absolute Gasteiger partial charge is 0.252 e. The zero-order chi connectivity index (χ0) is 18.7. The van der Waals surface area contributed by atoms with E-state index in [1.54, 1.807) is 25.3 Å². The minimum atomic E-state index is -0.593. The number of ether oxygens (including phenoxy) is 1. The number of hydrogen-bond donors (Lipinski definition) is 3. The predicted octanol–water partition coefficient (Wildman–Crippen LogP) is -0.0268. The van der Waals surface area contributed by atoms with Crippen LogP contribution < -0.4 is 20.9 Å². The summed E-state index contributed by atoms with van der Waals surface area (Å²) < 4.78 is 5.23. The van der Waals surface area contributed by atoms with E-state index in [2.05, 4.69) is 15.6 Å². The summed E-state index contributed by atoms with van der Waals surface area (Å²) in [5.41, 5.74) is 1.06. The first kappa shape index (κ1) is 17.9. The zero-order valence-corrected chi connectivity index (χ0v) is 14.8. The SMILES string of the molecule is CNC(=O)CC1C(=O)NCCN1Cc1cc2cc(OC)ccc2[nH]c1=O. The zero-order valence-electron chi connectivity index (χ0n) is 14.8. The Balaban J connectivity index is 1.90. The van der Waals surface area contributed by atoms with Gasteiger partial charge in [0.1, 0.15) is 5.75 Å². The number of nitrogens with one attached hydrogen (secondary N) is 3. The third-order valence-electron chi connectivity index (χ3n) is 4.60. The summed E-state index contributed by atoms with van der Waals surface area (Å²) in [5, 5.41) is 6.16. The van der Waals surface area contributed by atoms with E-state index >= 15 is 0 Å². The maximum absolute atomic E-state index is 12.4. The van der Waals surface area contributed by atoms with Crippen LogP contribution in [0.4, 0.5) is 0 Å². The molecule has 1 atom stereocenters. The normalized spacial score (nSPS) is 17.8.